The van der Waals surface area contributed by atoms with E-state index in [1.807, 2.05) is 6.07 Å². The van der Waals surface area contributed by atoms with Crippen LogP contribution in [0.5, 0.6) is 0 Å². The van der Waals surface area contributed by atoms with Crippen LogP contribution in [0.4, 0.5) is 4.79 Å². The topological polar surface area (TPSA) is 105 Å². The number of urea groups is 1. The van der Waals surface area contributed by atoms with Crippen LogP contribution in [0.25, 0.3) is 0 Å². The minimum absolute atomic E-state index is 0.440. The highest BCUT2D eigenvalue weighted by Gasteiger charge is 2.52. The van der Waals surface area contributed by atoms with E-state index >= 15 is 0 Å². The summed E-state index contributed by atoms with van der Waals surface area (Å²) in [5.74, 6) is -1.71. The van der Waals surface area contributed by atoms with Gasteiger partial charge in [0, 0.05) is 4.88 Å². The number of amides is 4. The van der Waals surface area contributed by atoms with Gasteiger partial charge in [-0.05, 0) is 50.2 Å². The number of esters is 1. The number of aryl methyl sites for hydroxylation is 2. The Morgan fingerprint density at radius 3 is 2.53 bits per heavy atom. The van der Waals surface area contributed by atoms with Crippen LogP contribution >= 0.6 is 11.3 Å². The summed E-state index contributed by atoms with van der Waals surface area (Å²) < 4.78 is 5.14. The second-order valence-corrected chi connectivity index (χ2v) is 9.43. The normalized spacial score (nSPS) is 20.9. The second-order valence-electron chi connectivity index (χ2n) is 8.30. The van der Waals surface area contributed by atoms with Crippen LogP contribution in [0.3, 0.4) is 0 Å². The molecule has 1 aliphatic heterocycles. The molecule has 9 heteroatoms. The van der Waals surface area contributed by atoms with Crippen LogP contribution in [-0.2, 0) is 27.2 Å². The average molecular weight is 434 g/mol. The monoisotopic (exact) mass is 433 g/mol. The first kappa shape index (κ1) is 20.8. The van der Waals surface area contributed by atoms with Gasteiger partial charge in [0.15, 0.2) is 6.61 Å². The van der Waals surface area contributed by atoms with Crippen molar-refractivity contribution in [2.75, 3.05) is 6.61 Å². The van der Waals surface area contributed by atoms with E-state index in [-0.39, 0.29) is 0 Å². The molecule has 1 spiro atoms. The Morgan fingerprint density at radius 1 is 1.07 bits per heavy atom. The fourth-order valence-corrected chi connectivity index (χ4v) is 5.67. The van der Waals surface area contributed by atoms with Crippen molar-refractivity contribution < 1.29 is 23.9 Å². The number of imide groups is 1. The Kier molecular flexibility index (Phi) is 6.08. The van der Waals surface area contributed by atoms with Crippen molar-refractivity contribution >= 4 is 35.2 Å². The lowest BCUT2D eigenvalue weighted by atomic mass is 9.82. The van der Waals surface area contributed by atoms with Crippen molar-refractivity contribution in [2.45, 2.75) is 76.2 Å². The molecule has 1 saturated heterocycles. The molecule has 8 nitrogen and oxygen atoms in total. The molecule has 2 heterocycles. The minimum atomic E-state index is -0.910. The van der Waals surface area contributed by atoms with Crippen molar-refractivity contribution in [3.05, 3.63) is 21.4 Å². The Hall–Kier alpha value is -2.42. The summed E-state index contributed by atoms with van der Waals surface area (Å²) >= 11 is 1.43. The third kappa shape index (κ3) is 4.21. The maximum atomic E-state index is 12.7. The van der Waals surface area contributed by atoms with Crippen LogP contribution < -0.4 is 10.7 Å². The number of hydrogen-bond acceptors (Lipinski definition) is 6. The number of carbonyl (C=O) groups is 4. The van der Waals surface area contributed by atoms with Gasteiger partial charge in [0.1, 0.15) is 10.4 Å². The van der Waals surface area contributed by atoms with Gasteiger partial charge in [0.2, 0.25) is 0 Å². The maximum absolute atomic E-state index is 12.7. The molecule has 3 aliphatic rings. The zero-order valence-corrected chi connectivity index (χ0v) is 17.8. The van der Waals surface area contributed by atoms with Crippen molar-refractivity contribution in [3.63, 3.8) is 0 Å². The number of nitrogens with zero attached hydrogens (tertiary/aromatic N) is 1. The van der Waals surface area contributed by atoms with Crippen LogP contribution in [0.2, 0.25) is 0 Å². The van der Waals surface area contributed by atoms with Gasteiger partial charge < -0.3 is 10.1 Å². The van der Waals surface area contributed by atoms with Crippen molar-refractivity contribution in [2.24, 2.45) is 0 Å². The molecule has 0 bridgehead atoms. The second kappa shape index (κ2) is 8.75. The van der Waals surface area contributed by atoms with Crippen molar-refractivity contribution in [1.29, 1.82) is 0 Å². The average Bonchev–Trinajstić information content (AvgIpc) is 3.21. The number of nitrogens with one attached hydrogen (secondary N) is 2. The number of fused-ring (bicyclic) bond motifs is 1. The van der Waals surface area contributed by atoms with E-state index in [9.17, 15) is 19.2 Å². The minimum Gasteiger partial charge on any atom is -0.451 e. The molecule has 1 saturated carbocycles. The van der Waals surface area contributed by atoms with Gasteiger partial charge in [-0.2, -0.15) is 5.01 Å². The molecule has 1 aromatic rings. The molecule has 0 radical (unpaired) electrons. The first-order valence-corrected chi connectivity index (χ1v) is 11.5. The molecule has 0 aromatic carbocycles. The summed E-state index contributed by atoms with van der Waals surface area (Å²) in [6.45, 7) is -0.550. The molecular formula is C21H27N3O5S. The third-order valence-electron chi connectivity index (χ3n) is 6.14. The van der Waals surface area contributed by atoms with E-state index in [1.165, 1.54) is 34.6 Å². The van der Waals surface area contributed by atoms with Gasteiger partial charge in [0.25, 0.3) is 11.8 Å². The van der Waals surface area contributed by atoms with Crippen LogP contribution in [0.15, 0.2) is 6.07 Å². The van der Waals surface area contributed by atoms with E-state index in [1.54, 1.807) is 0 Å². The number of rotatable bonds is 4. The molecule has 162 valence electrons. The first-order valence-electron chi connectivity index (χ1n) is 10.7. The molecule has 4 amide bonds. The van der Waals surface area contributed by atoms with E-state index in [0.29, 0.717) is 17.7 Å². The fraction of sp³-hybridized carbons (Fsp3) is 0.619. The molecule has 2 fully saturated rings. The number of hydrazine groups is 1. The highest BCUT2D eigenvalue weighted by atomic mass is 32.1. The van der Waals surface area contributed by atoms with Crippen LogP contribution in [0.1, 0.15) is 77.9 Å². The quantitative estimate of drug-likeness (QED) is 0.561. The van der Waals surface area contributed by atoms with E-state index in [0.717, 1.165) is 50.0 Å². The van der Waals surface area contributed by atoms with E-state index in [2.05, 4.69) is 10.7 Å². The summed E-state index contributed by atoms with van der Waals surface area (Å²) in [7, 11) is 0. The molecule has 4 rings (SSSR count). The van der Waals surface area contributed by atoms with Gasteiger partial charge in [-0.25, -0.2) is 9.59 Å². The lowest BCUT2D eigenvalue weighted by Gasteiger charge is -2.30. The molecule has 2 aliphatic carbocycles. The van der Waals surface area contributed by atoms with Gasteiger partial charge in [-0.3, -0.25) is 15.0 Å². The van der Waals surface area contributed by atoms with Crippen molar-refractivity contribution in [1.82, 2.24) is 15.8 Å². The smallest absolute Gasteiger partial charge is 0.348 e. The zero-order chi connectivity index (χ0) is 21.1. The number of ether oxygens (including phenoxy) is 1. The maximum Gasteiger partial charge on any atom is 0.348 e. The van der Waals surface area contributed by atoms with Crippen LogP contribution in [0, 0.1) is 0 Å². The predicted octanol–water partition coefficient (Wildman–Crippen LogP) is 2.85. The Balaban J connectivity index is 1.31. The zero-order valence-electron chi connectivity index (χ0n) is 17.0. The third-order valence-corrected chi connectivity index (χ3v) is 7.35. The van der Waals surface area contributed by atoms with E-state index < -0.39 is 36.0 Å². The Morgan fingerprint density at radius 2 is 1.77 bits per heavy atom. The summed E-state index contributed by atoms with van der Waals surface area (Å²) in [5, 5.41) is 3.44. The summed E-state index contributed by atoms with van der Waals surface area (Å²) in [6, 6.07) is 1.23. The largest absolute Gasteiger partial charge is 0.451 e. The van der Waals surface area contributed by atoms with Gasteiger partial charge in [-0.1, -0.05) is 32.1 Å². The first-order chi connectivity index (χ1) is 14.5. The summed E-state index contributed by atoms with van der Waals surface area (Å²) in [6.07, 6.45) is 10.5. The highest BCUT2D eigenvalue weighted by molar-refractivity contribution is 7.14. The van der Waals surface area contributed by atoms with Gasteiger partial charge in [-0.15, -0.1) is 11.3 Å². The summed E-state index contributed by atoms with van der Waals surface area (Å²) in [5.41, 5.74) is 2.57. The summed E-state index contributed by atoms with van der Waals surface area (Å²) in [4.78, 5) is 51.2. The molecule has 0 atom stereocenters. The van der Waals surface area contributed by atoms with Gasteiger partial charge in [0.05, 0.1) is 0 Å². The Labute approximate surface area is 179 Å². The number of hydrogen-bond donors (Lipinski definition) is 2. The SMILES string of the molecule is O=C(COC(=O)c1cc2c(s1)CCCCCC2)NN1C(=O)NC2(CCCCC2)C1=O. The molecule has 1 aromatic heterocycles. The van der Waals surface area contributed by atoms with E-state index in [4.69, 9.17) is 4.74 Å². The van der Waals surface area contributed by atoms with Crippen LogP contribution in [-0.4, -0.2) is 41.0 Å². The number of thiophene rings is 1. The molecule has 2 N–H and O–H groups in total. The lowest BCUT2D eigenvalue weighted by Crippen LogP contribution is -2.51. The standard InChI is InChI=1S/C21H27N3O5S/c25-17(23-24-19(27)21(22-20(24)28)10-6-3-7-11-21)13-29-18(26)16-12-14-8-4-1-2-5-9-15(14)30-16/h12H,1-11,13H2,(H,22,28)(H,23,25). The van der Waals surface area contributed by atoms with Crippen molar-refractivity contribution in [3.8, 4) is 0 Å². The Bertz CT molecular complexity index is 833. The number of carbonyl (C=O) groups excluding carboxylic acids is 4. The highest BCUT2D eigenvalue weighted by Crippen LogP contribution is 2.33. The molecule has 0 unspecified atom stereocenters. The lowest BCUT2D eigenvalue weighted by molar-refractivity contribution is -0.140. The fourth-order valence-electron chi connectivity index (χ4n) is 4.52. The molecule has 30 heavy (non-hydrogen) atoms. The van der Waals surface area contributed by atoms with Gasteiger partial charge >= 0.3 is 12.0 Å². The predicted molar refractivity (Wildman–Crippen MR) is 110 cm³/mol. The molecular weight excluding hydrogens is 406 g/mol.